The molecule has 0 fully saturated rings. The average Bonchev–Trinajstić information content (AvgIpc) is 2.73. The van der Waals surface area contributed by atoms with Gasteiger partial charge in [-0.05, 0) is 37.1 Å². The topological polar surface area (TPSA) is 80.5 Å². The molecule has 6 nitrogen and oxygen atoms in total. The molecule has 1 amide bonds. The molecule has 0 radical (unpaired) electrons. The smallest absolute Gasteiger partial charge is 0.270 e. The Kier molecular flexibility index (Phi) is 4.55. The van der Waals surface area contributed by atoms with Crippen LogP contribution in [0.15, 0.2) is 36.4 Å². The normalized spacial score (nSPS) is 14.0. The van der Waals surface area contributed by atoms with Gasteiger partial charge in [-0.3, -0.25) is 19.7 Å². The van der Waals surface area contributed by atoms with Gasteiger partial charge in [-0.15, -0.1) is 0 Å². The Labute approximate surface area is 149 Å². The van der Waals surface area contributed by atoms with E-state index in [2.05, 4.69) is 0 Å². The molecule has 0 bridgehead atoms. The Balaban J connectivity index is 2.09. The first-order valence-corrected chi connectivity index (χ1v) is 8.16. The maximum Gasteiger partial charge on any atom is 0.270 e. The van der Waals surface area contributed by atoms with Crippen molar-refractivity contribution in [3.8, 4) is 0 Å². The van der Waals surface area contributed by atoms with Crippen molar-refractivity contribution < 1.29 is 14.5 Å². The lowest BCUT2D eigenvalue weighted by Crippen LogP contribution is -2.32. The fraction of sp³-hybridized carbons (Fsp3) is 0.222. The lowest BCUT2D eigenvalue weighted by atomic mass is 10.0. The fourth-order valence-corrected chi connectivity index (χ4v) is 3.10. The van der Waals surface area contributed by atoms with Crippen LogP contribution in [0.1, 0.15) is 39.1 Å². The molecule has 25 heavy (non-hydrogen) atoms. The lowest BCUT2D eigenvalue weighted by Gasteiger charge is -2.23. The molecular weight excluding hydrogens is 344 g/mol. The van der Waals surface area contributed by atoms with Gasteiger partial charge in [0.25, 0.3) is 11.6 Å². The first-order valence-electron chi connectivity index (χ1n) is 7.78. The average molecular weight is 359 g/mol. The summed E-state index contributed by atoms with van der Waals surface area (Å²) in [5.74, 6) is -0.428. The van der Waals surface area contributed by atoms with Gasteiger partial charge in [0.1, 0.15) is 0 Å². The number of amides is 1. The standard InChI is InChI=1S/C18H15ClN2O4/c1-11-4-6-13(21(24)25)10-14(11)18(23)20-8-2-3-17(22)15-9-12(19)5-7-16(15)20/h4-7,9-10H,2-3,8H2,1H3. The second kappa shape index (κ2) is 6.64. The Morgan fingerprint density at radius 2 is 2.00 bits per heavy atom. The Morgan fingerprint density at radius 1 is 1.24 bits per heavy atom. The number of carbonyl (C=O) groups is 2. The van der Waals surface area contributed by atoms with E-state index in [0.29, 0.717) is 41.2 Å². The molecular formula is C18H15ClN2O4. The van der Waals surface area contributed by atoms with Crippen LogP contribution in [0.2, 0.25) is 5.02 Å². The highest BCUT2D eigenvalue weighted by Crippen LogP contribution is 2.31. The SMILES string of the molecule is Cc1ccc([N+](=O)[O-])cc1C(=O)N1CCCC(=O)c2cc(Cl)ccc21. The van der Waals surface area contributed by atoms with Crippen LogP contribution < -0.4 is 4.90 Å². The van der Waals surface area contributed by atoms with Crippen LogP contribution in [-0.2, 0) is 0 Å². The number of ketones is 1. The number of Topliss-reactive ketones (excluding diaryl/α,β-unsaturated/α-hetero) is 1. The summed E-state index contributed by atoms with van der Waals surface area (Å²) in [6.07, 6.45) is 0.843. The summed E-state index contributed by atoms with van der Waals surface area (Å²) in [6, 6.07) is 9.03. The van der Waals surface area contributed by atoms with Crippen molar-refractivity contribution in [2.45, 2.75) is 19.8 Å². The highest BCUT2D eigenvalue weighted by Gasteiger charge is 2.27. The minimum Gasteiger partial charge on any atom is -0.308 e. The van der Waals surface area contributed by atoms with Crippen LogP contribution in [0.25, 0.3) is 0 Å². The van der Waals surface area contributed by atoms with E-state index in [-0.39, 0.29) is 22.9 Å². The number of nitro benzene ring substituents is 1. The van der Waals surface area contributed by atoms with Crippen molar-refractivity contribution in [3.05, 3.63) is 68.2 Å². The van der Waals surface area contributed by atoms with Crippen molar-refractivity contribution >= 4 is 34.7 Å². The molecule has 0 spiro atoms. The first-order chi connectivity index (χ1) is 11.9. The van der Waals surface area contributed by atoms with Crippen LogP contribution >= 0.6 is 11.6 Å². The number of nitro groups is 1. The van der Waals surface area contributed by atoms with Crippen LogP contribution in [0, 0.1) is 17.0 Å². The molecule has 0 aliphatic carbocycles. The van der Waals surface area contributed by atoms with Gasteiger partial charge in [-0.25, -0.2) is 0 Å². The Bertz CT molecular complexity index is 895. The zero-order chi connectivity index (χ0) is 18.1. The number of nitrogens with zero attached hydrogens (tertiary/aromatic N) is 2. The van der Waals surface area contributed by atoms with Crippen molar-refractivity contribution in [2.75, 3.05) is 11.4 Å². The summed E-state index contributed by atoms with van der Waals surface area (Å²) in [7, 11) is 0. The molecule has 0 aromatic heterocycles. The van der Waals surface area contributed by atoms with Gasteiger partial charge < -0.3 is 4.90 Å². The molecule has 2 aromatic carbocycles. The quantitative estimate of drug-likeness (QED) is 0.595. The van der Waals surface area contributed by atoms with Gasteiger partial charge in [0.05, 0.1) is 10.6 Å². The Hall–Kier alpha value is -2.73. The highest BCUT2D eigenvalue weighted by molar-refractivity contribution is 6.31. The fourth-order valence-electron chi connectivity index (χ4n) is 2.93. The van der Waals surface area contributed by atoms with Crippen molar-refractivity contribution in [1.82, 2.24) is 0 Å². The molecule has 0 unspecified atom stereocenters. The molecule has 1 heterocycles. The van der Waals surface area contributed by atoms with Crippen LogP contribution in [-0.4, -0.2) is 23.2 Å². The number of halogens is 1. The number of hydrogen-bond donors (Lipinski definition) is 0. The van der Waals surface area contributed by atoms with Gasteiger partial charge in [-0.1, -0.05) is 17.7 Å². The summed E-state index contributed by atoms with van der Waals surface area (Å²) in [6.45, 7) is 2.09. The molecule has 1 aliphatic heterocycles. The van der Waals surface area contributed by atoms with Crippen molar-refractivity contribution in [3.63, 3.8) is 0 Å². The number of rotatable bonds is 2. The monoisotopic (exact) mass is 358 g/mol. The van der Waals surface area contributed by atoms with Gasteiger partial charge in [-0.2, -0.15) is 0 Å². The molecule has 1 aliphatic rings. The second-order valence-electron chi connectivity index (χ2n) is 5.90. The largest absolute Gasteiger partial charge is 0.308 e. The zero-order valence-electron chi connectivity index (χ0n) is 13.5. The number of non-ortho nitro benzene ring substituents is 1. The molecule has 7 heteroatoms. The number of fused-ring (bicyclic) bond motifs is 1. The second-order valence-corrected chi connectivity index (χ2v) is 6.34. The minimum atomic E-state index is -0.532. The molecule has 0 atom stereocenters. The van der Waals surface area contributed by atoms with Crippen molar-refractivity contribution in [2.24, 2.45) is 0 Å². The highest BCUT2D eigenvalue weighted by atomic mass is 35.5. The number of benzene rings is 2. The van der Waals surface area contributed by atoms with E-state index in [1.807, 2.05) is 0 Å². The summed E-state index contributed by atoms with van der Waals surface area (Å²) < 4.78 is 0. The van der Waals surface area contributed by atoms with Crippen LogP contribution in [0.5, 0.6) is 0 Å². The third-order valence-corrected chi connectivity index (χ3v) is 4.48. The van der Waals surface area contributed by atoms with Crippen molar-refractivity contribution in [1.29, 1.82) is 0 Å². The lowest BCUT2D eigenvalue weighted by molar-refractivity contribution is -0.384. The Morgan fingerprint density at radius 3 is 2.72 bits per heavy atom. The molecule has 0 saturated carbocycles. The van der Waals surface area contributed by atoms with E-state index in [4.69, 9.17) is 11.6 Å². The van der Waals surface area contributed by atoms with Crippen LogP contribution in [0.3, 0.4) is 0 Å². The van der Waals surface area contributed by atoms with E-state index in [0.717, 1.165) is 0 Å². The predicted molar refractivity (Wildman–Crippen MR) is 94.5 cm³/mol. The summed E-state index contributed by atoms with van der Waals surface area (Å²) in [5.41, 5.74) is 1.64. The van der Waals surface area contributed by atoms with Crippen LogP contribution in [0.4, 0.5) is 11.4 Å². The predicted octanol–water partition coefficient (Wildman–Crippen LogP) is 4.18. The van der Waals surface area contributed by atoms with E-state index < -0.39 is 4.92 Å². The molecule has 2 aromatic rings. The van der Waals surface area contributed by atoms with E-state index in [1.54, 1.807) is 31.2 Å². The maximum absolute atomic E-state index is 13.1. The summed E-state index contributed by atoms with van der Waals surface area (Å²) >= 11 is 5.99. The number of anilines is 1. The van der Waals surface area contributed by atoms with E-state index in [9.17, 15) is 19.7 Å². The molecule has 128 valence electrons. The third kappa shape index (κ3) is 3.25. The number of hydrogen-bond acceptors (Lipinski definition) is 4. The minimum absolute atomic E-state index is 0.0661. The van der Waals surface area contributed by atoms with Gasteiger partial charge in [0.2, 0.25) is 0 Å². The summed E-state index contributed by atoms with van der Waals surface area (Å²) in [5, 5.41) is 11.4. The van der Waals surface area contributed by atoms with E-state index >= 15 is 0 Å². The van der Waals surface area contributed by atoms with Gasteiger partial charge >= 0.3 is 0 Å². The third-order valence-electron chi connectivity index (χ3n) is 4.24. The maximum atomic E-state index is 13.1. The number of carbonyl (C=O) groups excluding carboxylic acids is 2. The molecule has 0 saturated heterocycles. The van der Waals surface area contributed by atoms with Gasteiger partial charge in [0, 0.05) is 41.2 Å². The van der Waals surface area contributed by atoms with Gasteiger partial charge in [0.15, 0.2) is 5.78 Å². The molecule has 3 rings (SSSR count). The molecule has 0 N–H and O–H groups in total. The number of aryl methyl sites for hydroxylation is 1. The van der Waals surface area contributed by atoms with E-state index in [1.165, 1.54) is 17.0 Å². The summed E-state index contributed by atoms with van der Waals surface area (Å²) in [4.78, 5) is 37.3. The zero-order valence-corrected chi connectivity index (χ0v) is 14.2. The first kappa shape index (κ1) is 17.1.